The van der Waals surface area contributed by atoms with E-state index >= 15 is 0 Å². The van der Waals surface area contributed by atoms with Crippen molar-refractivity contribution < 1.29 is 19.1 Å². The number of anilines is 1. The van der Waals surface area contributed by atoms with Crippen molar-refractivity contribution in [3.05, 3.63) is 24.3 Å². The highest BCUT2D eigenvalue weighted by Crippen LogP contribution is 2.19. The van der Waals surface area contributed by atoms with Crippen LogP contribution in [0.3, 0.4) is 0 Å². The Kier molecular flexibility index (Phi) is 6.40. The van der Waals surface area contributed by atoms with Gasteiger partial charge < -0.3 is 14.8 Å². The first kappa shape index (κ1) is 17.3. The lowest BCUT2D eigenvalue weighted by Gasteiger charge is -2.30. The molecule has 0 spiro atoms. The molecule has 0 unspecified atom stereocenters. The molecule has 1 aliphatic rings. The Morgan fingerprint density at radius 2 is 2.04 bits per heavy atom. The molecule has 1 heterocycles. The minimum Gasteiger partial charge on any atom is -0.497 e. The molecule has 1 aromatic rings. The maximum absolute atomic E-state index is 12.1. The monoisotopic (exact) mass is 320 g/mol. The molecule has 1 fully saturated rings. The van der Waals surface area contributed by atoms with Crippen molar-refractivity contribution in [1.29, 1.82) is 0 Å². The van der Waals surface area contributed by atoms with Crippen molar-refractivity contribution in [2.24, 2.45) is 5.92 Å². The molecule has 6 nitrogen and oxygen atoms in total. The van der Waals surface area contributed by atoms with Crippen LogP contribution >= 0.6 is 0 Å². The Labute approximate surface area is 136 Å². The summed E-state index contributed by atoms with van der Waals surface area (Å²) >= 11 is 0. The summed E-state index contributed by atoms with van der Waals surface area (Å²) in [5.41, 5.74) is 0.718. The first-order valence-corrected chi connectivity index (χ1v) is 7.95. The highest BCUT2D eigenvalue weighted by atomic mass is 16.5. The van der Waals surface area contributed by atoms with Gasteiger partial charge in [0.15, 0.2) is 0 Å². The molecule has 126 valence electrons. The fraction of sp³-hybridized carbons (Fsp3) is 0.529. The Bertz CT molecular complexity index is 539. The number of nitrogens with zero attached hydrogens (tertiary/aromatic N) is 1. The lowest BCUT2D eigenvalue weighted by Crippen LogP contribution is -2.41. The number of piperidine rings is 1. The van der Waals surface area contributed by atoms with Gasteiger partial charge in [0.05, 0.1) is 26.2 Å². The molecule has 1 aliphatic heterocycles. The van der Waals surface area contributed by atoms with E-state index in [2.05, 4.69) is 10.2 Å². The molecule has 0 aliphatic carbocycles. The summed E-state index contributed by atoms with van der Waals surface area (Å²) in [5.74, 6) is 0.492. The second-order valence-corrected chi connectivity index (χ2v) is 5.58. The second kappa shape index (κ2) is 8.53. The average molecular weight is 320 g/mol. The van der Waals surface area contributed by atoms with Gasteiger partial charge in [-0.3, -0.25) is 14.5 Å². The minimum absolute atomic E-state index is 0.0346. The third-order valence-corrected chi connectivity index (χ3v) is 3.93. The van der Waals surface area contributed by atoms with Crippen molar-refractivity contribution in [2.75, 3.05) is 38.7 Å². The molecule has 1 saturated heterocycles. The normalized spacial score (nSPS) is 15.9. The van der Waals surface area contributed by atoms with Gasteiger partial charge in [0.25, 0.3) is 0 Å². The topological polar surface area (TPSA) is 67.9 Å². The maximum atomic E-state index is 12.1. The van der Waals surface area contributed by atoms with Crippen molar-refractivity contribution in [3.8, 4) is 5.75 Å². The maximum Gasteiger partial charge on any atom is 0.309 e. The Morgan fingerprint density at radius 3 is 2.70 bits per heavy atom. The minimum atomic E-state index is -0.118. The number of esters is 1. The predicted octanol–water partition coefficient (Wildman–Crippen LogP) is 1.91. The Morgan fingerprint density at radius 1 is 1.30 bits per heavy atom. The zero-order chi connectivity index (χ0) is 16.7. The number of likely N-dealkylation sites (tertiary alicyclic amines) is 1. The number of carbonyl (C=O) groups is 2. The standard InChI is InChI=1S/C17H24N2O4/c1-3-23-17(21)13-7-9-19(10-8-13)12-16(20)18-14-5-4-6-15(11-14)22-2/h4-6,11,13H,3,7-10,12H2,1-2H3,(H,18,20). The summed E-state index contributed by atoms with van der Waals surface area (Å²) in [6, 6.07) is 7.27. The van der Waals surface area contributed by atoms with Crippen molar-refractivity contribution in [2.45, 2.75) is 19.8 Å². The summed E-state index contributed by atoms with van der Waals surface area (Å²) in [5, 5.41) is 2.87. The number of ether oxygens (including phenoxy) is 2. The van der Waals surface area contributed by atoms with Crippen LogP contribution in [0.1, 0.15) is 19.8 Å². The molecule has 0 atom stereocenters. The highest BCUT2D eigenvalue weighted by Gasteiger charge is 2.26. The first-order chi connectivity index (χ1) is 11.1. The average Bonchev–Trinajstić information content (AvgIpc) is 2.55. The van der Waals surface area contributed by atoms with Gasteiger partial charge in [0, 0.05) is 11.8 Å². The molecule has 6 heteroatoms. The van der Waals surface area contributed by atoms with E-state index in [0.29, 0.717) is 18.9 Å². The number of nitrogens with one attached hydrogen (secondary N) is 1. The largest absolute Gasteiger partial charge is 0.497 e. The third kappa shape index (κ3) is 5.25. The lowest BCUT2D eigenvalue weighted by molar-refractivity contribution is -0.149. The van der Waals surface area contributed by atoms with E-state index in [1.807, 2.05) is 25.1 Å². The molecular weight excluding hydrogens is 296 g/mol. The van der Waals surface area contributed by atoms with E-state index in [4.69, 9.17) is 9.47 Å². The molecule has 0 saturated carbocycles. The zero-order valence-electron chi connectivity index (χ0n) is 13.7. The number of benzene rings is 1. The van der Waals surface area contributed by atoms with E-state index in [-0.39, 0.29) is 17.8 Å². The summed E-state index contributed by atoms with van der Waals surface area (Å²) in [6.45, 7) is 4.02. The molecule has 0 bridgehead atoms. The number of carbonyl (C=O) groups excluding carboxylic acids is 2. The van der Waals surface area contributed by atoms with Crippen LogP contribution in [0.5, 0.6) is 5.75 Å². The zero-order valence-corrected chi connectivity index (χ0v) is 13.7. The van der Waals surface area contributed by atoms with Crippen LogP contribution in [0.2, 0.25) is 0 Å². The molecular formula is C17H24N2O4. The van der Waals surface area contributed by atoms with Gasteiger partial charge in [-0.25, -0.2) is 0 Å². The van der Waals surface area contributed by atoms with Crippen LogP contribution < -0.4 is 10.1 Å². The van der Waals surface area contributed by atoms with Crippen LogP contribution in [-0.4, -0.2) is 50.1 Å². The second-order valence-electron chi connectivity index (χ2n) is 5.58. The first-order valence-electron chi connectivity index (χ1n) is 7.95. The molecule has 2 rings (SSSR count). The van der Waals surface area contributed by atoms with E-state index in [9.17, 15) is 9.59 Å². The van der Waals surface area contributed by atoms with Crippen LogP contribution in [-0.2, 0) is 14.3 Å². The summed E-state index contributed by atoms with van der Waals surface area (Å²) < 4.78 is 10.2. The number of amides is 1. The van der Waals surface area contributed by atoms with E-state index in [0.717, 1.165) is 31.6 Å². The Hall–Kier alpha value is -2.08. The van der Waals surface area contributed by atoms with Gasteiger partial charge in [0.2, 0.25) is 5.91 Å². The van der Waals surface area contributed by atoms with E-state index in [1.165, 1.54) is 0 Å². The SMILES string of the molecule is CCOC(=O)C1CCN(CC(=O)Nc2cccc(OC)c2)CC1. The predicted molar refractivity (Wildman–Crippen MR) is 87.4 cm³/mol. The molecule has 1 N–H and O–H groups in total. The molecule has 23 heavy (non-hydrogen) atoms. The molecule has 0 aromatic heterocycles. The van der Waals surface area contributed by atoms with E-state index < -0.39 is 0 Å². The van der Waals surface area contributed by atoms with Crippen LogP contribution in [0.15, 0.2) is 24.3 Å². The van der Waals surface area contributed by atoms with Gasteiger partial charge in [0.1, 0.15) is 5.75 Å². The summed E-state index contributed by atoms with van der Waals surface area (Å²) in [7, 11) is 1.59. The Balaban J connectivity index is 1.77. The quantitative estimate of drug-likeness (QED) is 0.811. The van der Waals surface area contributed by atoms with Gasteiger partial charge in [-0.15, -0.1) is 0 Å². The summed E-state index contributed by atoms with van der Waals surface area (Å²) in [4.78, 5) is 25.9. The van der Waals surface area contributed by atoms with Crippen molar-refractivity contribution in [1.82, 2.24) is 4.90 Å². The lowest BCUT2D eigenvalue weighted by atomic mass is 9.97. The fourth-order valence-electron chi connectivity index (χ4n) is 2.69. The number of hydrogen-bond donors (Lipinski definition) is 1. The van der Waals surface area contributed by atoms with Crippen molar-refractivity contribution in [3.63, 3.8) is 0 Å². The number of rotatable bonds is 6. The van der Waals surface area contributed by atoms with Gasteiger partial charge in [-0.1, -0.05) is 6.07 Å². The number of methoxy groups -OCH3 is 1. The van der Waals surface area contributed by atoms with E-state index in [1.54, 1.807) is 13.2 Å². The van der Waals surface area contributed by atoms with Crippen molar-refractivity contribution >= 4 is 17.6 Å². The summed E-state index contributed by atoms with van der Waals surface area (Å²) in [6.07, 6.45) is 1.48. The van der Waals surface area contributed by atoms with Gasteiger partial charge >= 0.3 is 5.97 Å². The third-order valence-electron chi connectivity index (χ3n) is 3.93. The van der Waals surface area contributed by atoms with Crippen LogP contribution in [0.4, 0.5) is 5.69 Å². The number of hydrogen-bond acceptors (Lipinski definition) is 5. The smallest absolute Gasteiger partial charge is 0.309 e. The molecule has 1 aromatic carbocycles. The fourth-order valence-corrected chi connectivity index (χ4v) is 2.69. The van der Waals surface area contributed by atoms with Crippen LogP contribution in [0, 0.1) is 5.92 Å². The van der Waals surface area contributed by atoms with Gasteiger partial charge in [-0.2, -0.15) is 0 Å². The van der Waals surface area contributed by atoms with Crippen LogP contribution in [0.25, 0.3) is 0 Å². The highest BCUT2D eigenvalue weighted by molar-refractivity contribution is 5.92. The molecule has 0 radical (unpaired) electrons. The van der Waals surface area contributed by atoms with Gasteiger partial charge in [-0.05, 0) is 45.0 Å². The molecule has 1 amide bonds.